The molecule has 1 N–H and O–H groups in total. The molecule has 4 aromatic rings. The number of methoxy groups -OCH3 is 1. The van der Waals surface area contributed by atoms with E-state index in [1.807, 2.05) is 36.4 Å². The molecule has 0 saturated heterocycles. The Hall–Kier alpha value is -3.16. The van der Waals surface area contributed by atoms with Gasteiger partial charge in [0.15, 0.2) is 0 Å². The summed E-state index contributed by atoms with van der Waals surface area (Å²) in [4.78, 5) is 20.5. The molecule has 0 fully saturated rings. The highest BCUT2D eigenvalue weighted by molar-refractivity contribution is 7.18. The average Bonchev–Trinajstić information content (AvgIpc) is 3.19. The third-order valence-corrected chi connectivity index (χ3v) is 7.01. The van der Waals surface area contributed by atoms with Crippen LogP contribution < -0.4 is 15.7 Å². The Kier molecular flexibility index (Phi) is 5.68. The Morgan fingerprint density at radius 2 is 1.88 bits per heavy atom. The van der Waals surface area contributed by atoms with E-state index in [-0.39, 0.29) is 5.56 Å². The van der Waals surface area contributed by atoms with Gasteiger partial charge in [-0.1, -0.05) is 23.7 Å². The van der Waals surface area contributed by atoms with Crippen molar-refractivity contribution in [3.63, 3.8) is 0 Å². The molecule has 5 rings (SSSR count). The van der Waals surface area contributed by atoms with Gasteiger partial charge in [0.2, 0.25) is 5.95 Å². The van der Waals surface area contributed by atoms with E-state index in [2.05, 4.69) is 10.5 Å². The number of hydrogen-bond donors (Lipinski definition) is 1. The fourth-order valence-corrected chi connectivity index (χ4v) is 5.34. The van der Waals surface area contributed by atoms with Crippen LogP contribution in [-0.2, 0) is 12.8 Å². The first-order valence-corrected chi connectivity index (χ1v) is 11.6. The Balaban J connectivity index is 1.62. The minimum Gasteiger partial charge on any atom is -0.497 e. The molecule has 0 aliphatic heterocycles. The van der Waals surface area contributed by atoms with E-state index in [4.69, 9.17) is 21.3 Å². The number of benzene rings is 2. The lowest BCUT2D eigenvalue weighted by Crippen LogP contribution is -2.23. The summed E-state index contributed by atoms with van der Waals surface area (Å²) in [5, 5.41) is 5.72. The average molecular weight is 465 g/mol. The quantitative estimate of drug-likeness (QED) is 0.315. The zero-order valence-electron chi connectivity index (χ0n) is 17.5. The molecule has 1 aliphatic carbocycles. The molecule has 8 heteroatoms. The third-order valence-electron chi connectivity index (χ3n) is 5.57. The van der Waals surface area contributed by atoms with E-state index in [0.29, 0.717) is 16.7 Å². The zero-order chi connectivity index (χ0) is 22.1. The van der Waals surface area contributed by atoms with Crippen molar-refractivity contribution in [2.75, 3.05) is 12.5 Å². The van der Waals surface area contributed by atoms with Gasteiger partial charge in [-0.2, -0.15) is 5.10 Å². The van der Waals surface area contributed by atoms with Crippen molar-refractivity contribution in [3.05, 3.63) is 79.9 Å². The number of ether oxygens (including phenoxy) is 1. The van der Waals surface area contributed by atoms with Crippen LogP contribution in [0.15, 0.2) is 58.4 Å². The standard InChI is InChI=1S/C24H21ClN4O2S/c1-31-18-12-10-17(11-13-18)29-23(30)21-19-4-2-3-5-20(19)32-22(21)27-24(29)28-26-14-15-6-8-16(25)9-7-15/h6-14H,2-5H2,1H3,(H,27,28)/b26-14-. The minimum atomic E-state index is -0.0799. The van der Waals surface area contributed by atoms with Gasteiger partial charge in [-0.25, -0.2) is 15.0 Å². The summed E-state index contributed by atoms with van der Waals surface area (Å²) >= 11 is 7.57. The smallest absolute Gasteiger partial charge is 0.268 e. The van der Waals surface area contributed by atoms with Crippen LogP contribution in [0.5, 0.6) is 5.75 Å². The number of hydrogen-bond acceptors (Lipinski definition) is 6. The number of aromatic nitrogens is 2. The van der Waals surface area contributed by atoms with Crippen molar-refractivity contribution >= 4 is 45.3 Å². The molecular weight excluding hydrogens is 444 g/mol. The third kappa shape index (κ3) is 3.89. The molecule has 2 heterocycles. The first-order valence-electron chi connectivity index (χ1n) is 10.4. The maximum absolute atomic E-state index is 13.7. The molecule has 0 bridgehead atoms. The number of thiophene rings is 1. The Labute approximate surface area is 194 Å². The molecule has 0 radical (unpaired) electrons. The van der Waals surface area contributed by atoms with Crippen molar-refractivity contribution in [2.24, 2.45) is 5.10 Å². The normalized spacial score (nSPS) is 13.4. The molecule has 0 saturated carbocycles. The van der Waals surface area contributed by atoms with Gasteiger partial charge in [0.25, 0.3) is 5.56 Å². The Bertz CT molecular complexity index is 1360. The molecule has 6 nitrogen and oxygen atoms in total. The second kappa shape index (κ2) is 8.76. The van der Waals surface area contributed by atoms with Gasteiger partial charge in [-0.05, 0) is 73.2 Å². The van der Waals surface area contributed by atoms with Gasteiger partial charge >= 0.3 is 0 Å². The predicted octanol–water partition coefficient (Wildman–Crippen LogP) is 5.43. The molecule has 32 heavy (non-hydrogen) atoms. The molecule has 0 spiro atoms. The fourth-order valence-electron chi connectivity index (χ4n) is 3.96. The number of rotatable bonds is 5. The Morgan fingerprint density at radius 1 is 1.12 bits per heavy atom. The number of hydrazone groups is 1. The van der Waals surface area contributed by atoms with Crippen LogP contribution in [0.3, 0.4) is 0 Å². The molecule has 162 valence electrons. The largest absolute Gasteiger partial charge is 0.497 e. The van der Waals surface area contributed by atoms with Crippen LogP contribution in [0.25, 0.3) is 15.9 Å². The van der Waals surface area contributed by atoms with Gasteiger partial charge < -0.3 is 4.74 Å². The van der Waals surface area contributed by atoms with Crippen molar-refractivity contribution in [2.45, 2.75) is 25.7 Å². The second-order valence-corrected chi connectivity index (χ2v) is 9.11. The molecule has 2 aromatic carbocycles. The van der Waals surface area contributed by atoms with Crippen LogP contribution in [-0.4, -0.2) is 22.9 Å². The number of aryl methyl sites for hydroxylation is 2. The summed E-state index contributed by atoms with van der Waals surface area (Å²) < 4.78 is 6.86. The topological polar surface area (TPSA) is 68.5 Å². The summed E-state index contributed by atoms with van der Waals surface area (Å²) in [6, 6.07) is 14.7. The number of anilines is 1. The molecular formula is C24H21ClN4O2S. The van der Waals surface area contributed by atoms with Crippen LogP contribution in [0.2, 0.25) is 5.02 Å². The van der Waals surface area contributed by atoms with Gasteiger partial charge in [-0.15, -0.1) is 11.3 Å². The molecule has 2 aromatic heterocycles. The highest BCUT2D eigenvalue weighted by Crippen LogP contribution is 2.34. The van der Waals surface area contributed by atoms with E-state index in [1.54, 1.807) is 41.4 Å². The van der Waals surface area contributed by atoms with Crippen LogP contribution in [0.4, 0.5) is 5.95 Å². The Morgan fingerprint density at radius 3 is 2.62 bits per heavy atom. The summed E-state index contributed by atoms with van der Waals surface area (Å²) in [7, 11) is 1.62. The molecule has 1 aliphatic rings. The highest BCUT2D eigenvalue weighted by atomic mass is 35.5. The van der Waals surface area contributed by atoms with Crippen LogP contribution in [0.1, 0.15) is 28.8 Å². The van der Waals surface area contributed by atoms with Crippen molar-refractivity contribution in [3.8, 4) is 11.4 Å². The van der Waals surface area contributed by atoms with Gasteiger partial charge in [-0.3, -0.25) is 4.79 Å². The van der Waals surface area contributed by atoms with E-state index >= 15 is 0 Å². The maximum Gasteiger partial charge on any atom is 0.268 e. The lowest BCUT2D eigenvalue weighted by molar-refractivity contribution is 0.414. The number of nitrogens with one attached hydrogen (secondary N) is 1. The lowest BCUT2D eigenvalue weighted by Gasteiger charge is -2.13. The van der Waals surface area contributed by atoms with Gasteiger partial charge in [0, 0.05) is 9.90 Å². The van der Waals surface area contributed by atoms with Crippen molar-refractivity contribution in [1.82, 2.24) is 9.55 Å². The van der Waals surface area contributed by atoms with Gasteiger partial charge in [0.1, 0.15) is 10.6 Å². The minimum absolute atomic E-state index is 0.0799. The number of fused-ring (bicyclic) bond motifs is 3. The van der Waals surface area contributed by atoms with E-state index < -0.39 is 0 Å². The lowest BCUT2D eigenvalue weighted by atomic mass is 9.97. The monoisotopic (exact) mass is 464 g/mol. The maximum atomic E-state index is 13.7. The van der Waals surface area contributed by atoms with E-state index in [9.17, 15) is 4.79 Å². The molecule has 0 amide bonds. The molecule has 0 unspecified atom stereocenters. The second-order valence-electron chi connectivity index (χ2n) is 7.59. The summed E-state index contributed by atoms with van der Waals surface area (Å²) in [6.07, 6.45) is 5.87. The van der Waals surface area contributed by atoms with Crippen molar-refractivity contribution < 1.29 is 4.74 Å². The van der Waals surface area contributed by atoms with E-state index in [1.165, 1.54) is 4.88 Å². The predicted molar refractivity (Wildman–Crippen MR) is 131 cm³/mol. The van der Waals surface area contributed by atoms with Crippen LogP contribution in [0, 0.1) is 0 Å². The first-order chi connectivity index (χ1) is 15.6. The number of halogens is 1. The van der Waals surface area contributed by atoms with Gasteiger partial charge in [0.05, 0.1) is 24.4 Å². The number of nitrogens with zero attached hydrogens (tertiary/aromatic N) is 3. The van der Waals surface area contributed by atoms with E-state index in [0.717, 1.165) is 52.8 Å². The molecule has 0 atom stereocenters. The highest BCUT2D eigenvalue weighted by Gasteiger charge is 2.22. The summed E-state index contributed by atoms with van der Waals surface area (Å²) in [5.74, 6) is 1.09. The fraction of sp³-hybridized carbons (Fsp3) is 0.208. The summed E-state index contributed by atoms with van der Waals surface area (Å²) in [5.41, 5.74) is 5.64. The van der Waals surface area contributed by atoms with Crippen LogP contribution >= 0.6 is 22.9 Å². The van der Waals surface area contributed by atoms with Crippen molar-refractivity contribution in [1.29, 1.82) is 0 Å². The summed E-state index contributed by atoms with van der Waals surface area (Å²) in [6.45, 7) is 0. The SMILES string of the molecule is COc1ccc(-n2c(N/N=C\c3ccc(Cl)cc3)nc3sc4c(c3c2=O)CCCC4)cc1. The first kappa shape index (κ1) is 20.7. The zero-order valence-corrected chi connectivity index (χ0v) is 19.0.